The van der Waals surface area contributed by atoms with Crippen molar-refractivity contribution in [1.29, 1.82) is 0 Å². The fourth-order valence-corrected chi connectivity index (χ4v) is 4.11. The Balaban J connectivity index is 1.73. The topological polar surface area (TPSA) is 101 Å². The molecule has 0 aliphatic carbocycles. The standard InChI is InChI=1S/C25H29N3O5S/c1-6-28(24(31)33-25(3,4)5)15-17-10-7-8-11-18(17)26-23(30)21-16(2)14-20(34-21)27-22(29)19-12-9-13-32-19/h7-14H,6,15H2,1-5H3,(H,26,30)(H,27,29). The van der Waals surface area contributed by atoms with E-state index in [-0.39, 0.29) is 24.1 Å². The lowest BCUT2D eigenvalue weighted by molar-refractivity contribution is 0.0245. The van der Waals surface area contributed by atoms with E-state index in [1.165, 1.54) is 17.6 Å². The summed E-state index contributed by atoms with van der Waals surface area (Å²) >= 11 is 1.18. The van der Waals surface area contributed by atoms with Gasteiger partial charge in [-0.3, -0.25) is 9.59 Å². The van der Waals surface area contributed by atoms with E-state index in [2.05, 4.69) is 10.6 Å². The van der Waals surface area contributed by atoms with Crippen LogP contribution >= 0.6 is 11.3 Å². The first-order valence-electron chi connectivity index (χ1n) is 10.9. The molecule has 0 fully saturated rings. The highest BCUT2D eigenvalue weighted by Crippen LogP contribution is 2.29. The van der Waals surface area contributed by atoms with Crippen LogP contribution in [0.4, 0.5) is 15.5 Å². The van der Waals surface area contributed by atoms with Gasteiger partial charge in [-0.1, -0.05) is 18.2 Å². The monoisotopic (exact) mass is 483 g/mol. The van der Waals surface area contributed by atoms with Crippen molar-refractivity contribution in [3.05, 3.63) is 70.5 Å². The zero-order valence-corrected chi connectivity index (χ0v) is 20.7. The molecule has 0 unspecified atom stereocenters. The van der Waals surface area contributed by atoms with Crippen molar-refractivity contribution in [3.63, 3.8) is 0 Å². The highest BCUT2D eigenvalue weighted by Gasteiger charge is 2.23. The molecule has 0 atom stereocenters. The molecule has 0 radical (unpaired) electrons. The lowest BCUT2D eigenvalue weighted by Crippen LogP contribution is -2.36. The number of rotatable bonds is 7. The smallest absolute Gasteiger partial charge is 0.410 e. The number of nitrogens with one attached hydrogen (secondary N) is 2. The molecule has 8 nitrogen and oxygen atoms in total. The number of anilines is 2. The first-order chi connectivity index (χ1) is 16.1. The average molecular weight is 484 g/mol. The number of furan rings is 1. The Labute approximate surface area is 202 Å². The number of ether oxygens (including phenoxy) is 1. The quantitative estimate of drug-likeness (QED) is 0.435. The van der Waals surface area contributed by atoms with E-state index >= 15 is 0 Å². The molecule has 0 saturated heterocycles. The third-order valence-corrected chi connectivity index (χ3v) is 5.92. The molecule has 3 aromatic rings. The van der Waals surface area contributed by atoms with Crippen molar-refractivity contribution in [2.75, 3.05) is 17.2 Å². The summed E-state index contributed by atoms with van der Waals surface area (Å²) in [6.07, 6.45) is 1.01. The van der Waals surface area contributed by atoms with Crippen molar-refractivity contribution in [2.45, 2.75) is 46.8 Å². The SMILES string of the molecule is CCN(Cc1ccccc1NC(=O)c1sc(NC(=O)c2ccco2)cc1C)C(=O)OC(C)(C)C. The number of nitrogens with zero attached hydrogens (tertiary/aromatic N) is 1. The van der Waals surface area contributed by atoms with Gasteiger partial charge in [-0.2, -0.15) is 0 Å². The minimum absolute atomic E-state index is 0.191. The van der Waals surface area contributed by atoms with E-state index in [0.29, 0.717) is 22.1 Å². The van der Waals surface area contributed by atoms with Crippen molar-refractivity contribution >= 4 is 39.9 Å². The summed E-state index contributed by atoms with van der Waals surface area (Å²) < 4.78 is 10.6. The Morgan fingerprint density at radius 1 is 1.06 bits per heavy atom. The molecule has 9 heteroatoms. The largest absolute Gasteiger partial charge is 0.459 e. The molecule has 0 aliphatic heterocycles. The number of carbonyl (C=O) groups is 3. The molecule has 34 heavy (non-hydrogen) atoms. The van der Waals surface area contributed by atoms with Gasteiger partial charge in [0, 0.05) is 12.2 Å². The lowest BCUT2D eigenvalue weighted by atomic mass is 10.1. The van der Waals surface area contributed by atoms with Gasteiger partial charge in [0.25, 0.3) is 11.8 Å². The molecular weight excluding hydrogens is 454 g/mol. The van der Waals surface area contributed by atoms with E-state index in [0.717, 1.165) is 11.1 Å². The van der Waals surface area contributed by atoms with Crippen molar-refractivity contribution < 1.29 is 23.5 Å². The van der Waals surface area contributed by atoms with Crippen LogP contribution in [0.3, 0.4) is 0 Å². The second-order valence-corrected chi connectivity index (χ2v) is 9.71. The van der Waals surface area contributed by atoms with Crippen LogP contribution in [0.5, 0.6) is 0 Å². The number of para-hydroxylation sites is 1. The predicted octanol–water partition coefficient (Wildman–Crippen LogP) is 5.91. The number of aryl methyl sites for hydroxylation is 1. The van der Waals surface area contributed by atoms with Crippen LogP contribution in [0.1, 0.15) is 59.0 Å². The molecule has 0 bridgehead atoms. The Bertz CT molecular complexity index is 1160. The van der Waals surface area contributed by atoms with Gasteiger partial charge in [0.2, 0.25) is 0 Å². The molecular formula is C25H29N3O5S. The van der Waals surface area contributed by atoms with Crippen molar-refractivity contribution in [3.8, 4) is 0 Å². The molecule has 0 saturated carbocycles. The van der Waals surface area contributed by atoms with E-state index in [1.54, 1.807) is 36.1 Å². The Hall–Kier alpha value is -3.59. The second kappa shape index (κ2) is 10.6. The van der Waals surface area contributed by atoms with Gasteiger partial charge in [-0.05, 0) is 70.0 Å². The van der Waals surface area contributed by atoms with Crippen LogP contribution in [0, 0.1) is 6.92 Å². The van der Waals surface area contributed by atoms with Gasteiger partial charge in [0.05, 0.1) is 22.7 Å². The maximum absolute atomic E-state index is 13.1. The van der Waals surface area contributed by atoms with Gasteiger partial charge in [-0.15, -0.1) is 11.3 Å². The summed E-state index contributed by atoms with van der Waals surface area (Å²) in [5.41, 5.74) is 1.52. The van der Waals surface area contributed by atoms with Crippen LogP contribution in [0.15, 0.2) is 53.1 Å². The third-order valence-electron chi connectivity index (χ3n) is 4.77. The Morgan fingerprint density at radius 3 is 2.44 bits per heavy atom. The van der Waals surface area contributed by atoms with Crippen molar-refractivity contribution in [1.82, 2.24) is 4.90 Å². The number of hydrogen-bond donors (Lipinski definition) is 2. The average Bonchev–Trinajstić information content (AvgIpc) is 3.41. The Morgan fingerprint density at radius 2 is 1.79 bits per heavy atom. The lowest BCUT2D eigenvalue weighted by Gasteiger charge is -2.27. The van der Waals surface area contributed by atoms with E-state index in [1.807, 2.05) is 45.9 Å². The summed E-state index contributed by atoms with van der Waals surface area (Å²) in [5.74, 6) is -0.490. The summed E-state index contributed by atoms with van der Waals surface area (Å²) in [6, 6.07) is 12.3. The second-order valence-electron chi connectivity index (χ2n) is 8.66. The third kappa shape index (κ3) is 6.48. The number of amides is 3. The minimum atomic E-state index is -0.598. The normalized spacial score (nSPS) is 11.1. The fourth-order valence-electron chi connectivity index (χ4n) is 3.15. The molecule has 3 amide bonds. The highest BCUT2D eigenvalue weighted by molar-refractivity contribution is 7.18. The molecule has 2 aromatic heterocycles. The van der Waals surface area contributed by atoms with Crippen LogP contribution < -0.4 is 10.6 Å². The highest BCUT2D eigenvalue weighted by atomic mass is 32.1. The van der Waals surface area contributed by atoms with Gasteiger partial charge in [0.15, 0.2) is 5.76 Å². The number of benzene rings is 1. The maximum Gasteiger partial charge on any atom is 0.410 e. The summed E-state index contributed by atoms with van der Waals surface area (Å²) in [7, 11) is 0. The molecule has 2 heterocycles. The number of thiophene rings is 1. The van der Waals surface area contributed by atoms with Gasteiger partial charge in [0.1, 0.15) is 5.60 Å². The number of hydrogen-bond acceptors (Lipinski definition) is 6. The molecule has 0 spiro atoms. The minimum Gasteiger partial charge on any atom is -0.459 e. The zero-order chi connectivity index (χ0) is 24.9. The number of carbonyl (C=O) groups excluding carboxylic acids is 3. The van der Waals surface area contributed by atoms with Crippen LogP contribution in [-0.2, 0) is 11.3 Å². The first kappa shape index (κ1) is 25.0. The molecule has 3 rings (SSSR count). The van der Waals surface area contributed by atoms with Crippen LogP contribution in [0.2, 0.25) is 0 Å². The molecule has 180 valence electrons. The predicted molar refractivity (Wildman–Crippen MR) is 132 cm³/mol. The van der Waals surface area contributed by atoms with Gasteiger partial charge >= 0.3 is 6.09 Å². The van der Waals surface area contributed by atoms with E-state index < -0.39 is 11.7 Å². The molecule has 2 N–H and O–H groups in total. The molecule has 0 aliphatic rings. The summed E-state index contributed by atoms with van der Waals surface area (Å²) in [6.45, 7) is 9.89. The van der Waals surface area contributed by atoms with Crippen molar-refractivity contribution in [2.24, 2.45) is 0 Å². The maximum atomic E-state index is 13.1. The van der Waals surface area contributed by atoms with E-state index in [4.69, 9.17) is 9.15 Å². The summed E-state index contributed by atoms with van der Waals surface area (Å²) in [4.78, 5) is 39.9. The van der Waals surface area contributed by atoms with Gasteiger partial charge < -0.3 is 24.7 Å². The van der Waals surface area contributed by atoms with Crippen LogP contribution in [-0.4, -0.2) is 35.0 Å². The first-order valence-corrected chi connectivity index (χ1v) is 11.7. The van der Waals surface area contributed by atoms with E-state index in [9.17, 15) is 14.4 Å². The molecule has 1 aromatic carbocycles. The Kier molecular flexibility index (Phi) is 7.78. The van der Waals surface area contributed by atoms with Gasteiger partial charge in [-0.25, -0.2) is 4.79 Å². The van der Waals surface area contributed by atoms with Crippen LogP contribution in [0.25, 0.3) is 0 Å². The summed E-state index contributed by atoms with van der Waals surface area (Å²) in [5, 5.41) is 6.23. The zero-order valence-electron chi connectivity index (χ0n) is 19.9. The fraction of sp³-hybridized carbons (Fsp3) is 0.320.